The van der Waals surface area contributed by atoms with E-state index in [2.05, 4.69) is 0 Å². The standard InChI is InChI=1S/C12H12O5/c13-10(12(16)17)6-9(7-11(14)15)8-4-2-1-3-5-8/h1-5,9H,6-7H2,(H,14,15)(H,16,17). The van der Waals surface area contributed by atoms with Gasteiger partial charge in [-0.15, -0.1) is 0 Å². The summed E-state index contributed by atoms with van der Waals surface area (Å²) in [5, 5.41) is 17.3. The molecule has 0 aliphatic carbocycles. The highest BCUT2D eigenvalue weighted by Gasteiger charge is 2.22. The van der Waals surface area contributed by atoms with Crippen molar-refractivity contribution in [1.29, 1.82) is 0 Å². The summed E-state index contributed by atoms with van der Waals surface area (Å²) in [4.78, 5) is 32.2. The number of carbonyl (C=O) groups excluding carboxylic acids is 1. The molecule has 1 aromatic carbocycles. The van der Waals surface area contributed by atoms with E-state index in [1.54, 1.807) is 30.3 Å². The number of Topliss-reactive ketones (excluding diaryl/α,β-unsaturated/α-hetero) is 1. The van der Waals surface area contributed by atoms with Gasteiger partial charge in [-0.3, -0.25) is 9.59 Å². The van der Waals surface area contributed by atoms with Crippen molar-refractivity contribution in [2.24, 2.45) is 0 Å². The second-order valence-corrected chi connectivity index (χ2v) is 3.64. The molecule has 5 heteroatoms. The van der Waals surface area contributed by atoms with Crippen LogP contribution in [0.15, 0.2) is 30.3 Å². The van der Waals surface area contributed by atoms with Gasteiger partial charge in [-0.2, -0.15) is 0 Å². The van der Waals surface area contributed by atoms with Gasteiger partial charge in [0.1, 0.15) is 0 Å². The Morgan fingerprint density at radius 1 is 1.00 bits per heavy atom. The van der Waals surface area contributed by atoms with Gasteiger partial charge in [0.15, 0.2) is 0 Å². The molecule has 0 spiro atoms. The third kappa shape index (κ3) is 4.06. The second-order valence-electron chi connectivity index (χ2n) is 3.64. The van der Waals surface area contributed by atoms with Crippen LogP contribution in [0.4, 0.5) is 0 Å². The van der Waals surface area contributed by atoms with Gasteiger partial charge in [0.25, 0.3) is 0 Å². The maximum atomic E-state index is 11.1. The summed E-state index contributed by atoms with van der Waals surface area (Å²) in [5.41, 5.74) is 0.657. The van der Waals surface area contributed by atoms with E-state index in [9.17, 15) is 14.4 Å². The Morgan fingerprint density at radius 3 is 2.06 bits per heavy atom. The molecule has 1 rings (SSSR count). The monoisotopic (exact) mass is 236 g/mol. The molecule has 0 radical (unpaired) electrons. The van der Waals surface area contributed by atoms with Crippen LogP contribution in [0.5, 0.6) is 0 Å². The zero-order valence-corrected chi connectivity index (χ0v) is 9.00. The Balaban J connectivity index is 2.85. The molecule has 17 heavy (non-hydrogen) atoms. The van der Waals surface area contributed by atoms with Gasteiger partial charge < -0.3 is 10.2 Å². The molecular formula is C12H12O5. The van der Waals surface area contributed by atoms with Crippen molar-refractivity contribution < 1.29 is 24.6 Å². The van der Waals surface area contributed by atoms with Crippen LogP contribution in [0, 0.1) is 0 Å². The van der Waals surface area contributed by atoms with Crippen LogP contribution >= 0.6 is 0 Å². The fraction of sp³-hybridized carbons (Fsp3) is 0.250. The largest absolute Gasteiger partial charge is 0.481 e. The molecule has 0 aliphatic rings. The summed E-state index contributed by atoms with van der Waals surface area (Å²) in [6.07, 6.45) is -0.561. The third-order valence-electron chi connectivity index (χ3n) is 2.36. The number of ketones is 1. The van der Waals surface area contributed by atoms with Gasteiger partial charge >= 0.3 is 11.9 Å². The minimum absolute atomic E-state index is 0.261. The molecule has 0 heterocycles. The Bertz CT molecular complexity index is 424. The molecule has 1 aromatic rings. The van der Waals surface area contributed by atoms with Gasteiger partial charge in [-0.25, -0.2) is 4.79 Å². The minimum atomic E-state index is -1.53. The third-order valence-corrected chi connectivity index (χ3v) is 2.36. The molecule has 0 aromatic heterocycles. The molecule has 0 bridgehead atoms. The molecule has 0 saturated heterocycles. The number of hydrogen-bond acceptors (Lipinski definition) is 3. The fourth-order valence-corrected chi connectivity index (χ4v) is 1.55. The van der Waals surface area contributed by atoms with Gasteiger partial charge in [-0.05, 0) is 5.56 Å². The van der Waals surface area contributed by atoms with Crippen molar-refractivity contribution in [3.8, 4) is 0 Å². The number of carbonyl (C=O) groups is 3. The van der Waals surface area contributed by atoms with E-state index >= 15 is 0 Å². The Kier molecular flexibility index (Phi) is 4.39. The molecule has 0 aliphatic heterocycles. The van der Waals surface area contributed by atoms with Gasteiger partial charge in [-0.1, -0.05) is 30.3 Å². The molecule has 1 unspecified atom stereocenters. The first kappa shape index (κ1) is 12.9. The molecule has 1 atom stereocenters. The van der Waals surface area contributed by atoms with Crippen molar-refractivity contribution in [3.63, 3.8) is 0 Å². The van der Waals surface area contributed by atoms with Crippen LogP contribution in [-0.2, 0) is 14.4 Å². The lowest BCUT2D eigenvalue weighted by Gasteiger charge is -2.13. The number of benzene rings is 1. The minimum Gasteiger partial charge on any atom is -0.481 e. The van der Waals surface area contributed by atoms with Crippen LogP contribution < -0.4 is 0 Å². The summed E-state index contributed by atoms with van der Waals surface area (Å²) < 4.78 is 0. The fourth-order valence-electron chi connectivity index (χ4n) is 1.55. The van der Waals surface area contributed by atoms with Crippen molar-refractivity contribution in [2.75, 3.05) is 0 Å². The van der Waals surface area contributed by atoms with E-state index in [4.69, 9.17) is 10.2 Å². The number of hydrogen-bond donors (Lipinski definition) is 2. The Hall–Kier alpha value is -2.17. The first-order chi connectivity index (χ1) is 8.00. The first-order valence-electron chi connectivity index (χ1n) is 5.03. The number of carboxylic acid groups (broad SMARTS) is 2. The summed E-state index contributed by atoms with van der Waals surface area (Å²) in [5.74, 6) is -4.16. The van der Waals surface area contributed by atoms with E-state index in [0.29, 0.717) is 5.56 Å². The SMILES string of the molecule is O=C(O)CC(CC(=O)C(=O)O)c1ccccc1. The Labute approximate surface area is 97.7 Å². The lowest BCUT2D eigenvalue weighted by atomic mass is 9.91. The van der Waals surface area contributed by atoms with E-state index < -0.39 is 23.6 Å². The van der Waals surface area contributed by atoms with Crippen LogP contribution in [0.25, 0.3) is 0 Å². The average Bonchev–Trinajstić information content (AvgIpc) is 2.28. The normalized spacial score (nSPS) is 11.8. The zero-order chi connectivity index (χ0) is 12.8. The van der Waals surface area contributed by atoms with Crippen molar-refractivity contribution in [3.05, 3.63) is 35.9 Å². The quantitative estimate of drug-likeness (QED) is 0.726. The molecular weight excluding hydrogens is 224 g/mol. The van der Waals surface area contributed by atoms with Gasteiger partial charge in [0.05, 0.1) is 6.42 Å². The highest BCUT2D eigenvalue weighted by molar-refractivity contribution is 6.32. The maximum absolute atomic E-state index is 11.1. The summed E-state index contributed by atoms with van der Waals surface area (Å²) in [6.45, 7) is 0. The molecule has 5 nitrogen and oxygen atoms in total. The molecule has 0 amide bonds. The molecule has 90 valence electrons. The van der Waals surface area contributed by atoms with Gasteiger partial charge in [0, 0.05) is 12.3 Å². The van der Waals surface area contributed by atoms with E-state index in [0.717, 1.165) is 0 Å². The highest BCUT2D eigenvalue weighted by Crippen LogP contribution is 2.23. The zero-order valence-electron chi connectivity index (χ0n) is 9.00. The summed E-state index contributed by atoms with van der Waals surface area (Å²) in [7, 11) is 0. The van der Waals surface area contributed by atoms with E-state index in [1.165, 1.54) is 0 Å². The topological polar surface area (TPSA) is 91.7 Å². The van der Waals surface area contributed by atoms with Crippen LogP contribution in [0.3, 0.4) is 0 Å². The van der Waals surface area contributed by atoms with Crippen LogP contribution in [-0.4, -0.2) is 27.9 Å². The van der Waals surface area contributed by atoms with Gasteiger partial charge in [0.2, 0.25) is 5.78 Å². The lowest BCUT2D eigenvalue weighted by molar-refractivity contribution is -0.149. The van der Waals surface area contributed by atoms with E-state index in [-0.39, 0.29) is 12.8 Å². The van der Waals surface area contributed by atoms with E-state index in [1.807, 2.05) is 0 Å². The molecule has 2 N–H and O–H groups in total. The van der Waals surface area contributed by atoms with Crippen molar-refractivity contribution in [2.45, 2.75) is 18.8 Å². The summed E-state index contributed by atoms with van der Waals surface area (Å²) >= 11 is 0. The predicted octanol–water partition coefficient (Wildman–Crippen LogP) is 1.29. The number of carboxylic acids is 2. The first-order valence-corrected chi connectivity index (χ1v) is 5.03. The maximum Gasteiger partial charge on any atom is 0.372 e. The number of aliphatic carboxylic acids is 2. The van der Waals surface area contributed by atoms with Crippen molar-refractivity contribution >= 4 is 17.7 Å². The Morgan fingerprint density at radius 2 is 1.59 bits per heavy atom. The number of rotatable bonds is 6. The predicted molar refractivity (Wildman–Crippen MR) is 58.7 cm³/mol. The van der Waals surface area contributed by atoms with Crippen LogP contribution in [0.2, 0.25) is 0 Å². The summed E-state index contributed by atoms with van der Waals surface area (Å²) in [6, 6.07) is 8.57. The highest BCUT2D eigenvalue weighted by atomic mass is 16.4. The second kappa shape index (κ2) is 5.79. The molecule has 0 saturated carbocycles. The molecule has 0 fully saturated rings. The van der Waals surface area contributed by atoms with Crippen molar-refractivity contribution in [1.82, 2.24) is 0 Å². The average molecular weight is 236 g/mol. The van der Waals surface area contributed by atoms with Crippen LogP contribution in [0.1, 0.15) is 24.3 Å². The smallest absolute Gasteiger partial charge is 0.372 e. The lowest BCUT2D eigenvalue weighted by Crippen LogP contribution is -2.18.